The van der Waals surface area contributed by atoms with E-state index in [9.17, 15) is 9.59 Å². The molecule has 0 bridgehead atoms. The predicted molar refractivity (Wildman–Crippen MR) is 157 cm³/mol. The van der Waals surface area contributed by atoms with E-state index in [2.05, 4.69) is 50.8 Å². The lowest BCUT2D eigenvalue weighted by Crippen LogP contribution is -2.38. The van der Waals surface area contributed by atoms with E-state index in [0.29, 0.717) is 23.8 Å². The highest BCUT2D eigenvalue weighted by atomic mass is 16.6. The zero-order valence-corrected chi connectivity index (χ0v) is 22.6. The summed E-state index contributed by atoms with van der Waals surface area (Å²) in [5, 5.41) is 9.06. The van der Waals surface area contributed by atoms with Gasteiger partial charge >= 0.3 is 5.97 Å². The van der Waals surface area contributed by atoms with Crippen LogP contribution in [0.25, 0.3) is 10.8 Å². The molecule has 0 aliphatic carbocycles. The van der Waals surface area contributed by atoms with E-state index in [1.807, 2.05) is 30.6 Å². The Hall–Kier alpha value is -4.27. The fourth-order valence-electron chi connectivity index (χ4n) is 4.97. The Kier molecular flexibility index (Phi) is 9.00. The first-order valence-corrected chi connectivity index (χ1v) is 13.6. The second kappa shape index (κ2) is 13.2. The largest absolute Gasteiger partial charge is 0.460 e. The van der Waals surface area contributed by atoms with Crippen molar-refractivity contribution in [3.05, 3.63) is 102 Å². The summed E-state index contributed by atoms with van der Waals surface area (Å²) in [5.74, 6) is -0.671. The standard InChI is InChI=1S/C32H34N4O4/c1-39-18-19-40-32(38)25-10-8-24(9-11-25)31(37)35-28-6-2-4-23(20-28)22-36-16-13-27(14-17-36)34-30-7-3-5-26-21-33-15-12-29(26)30/h2-12,15,20-21,27,34H,13-14,16-19,22H2,1H3,(H,35,37). The van der Waals surface area contributed by atoms with Gasteiger partial charge in [0, 0.05) is 72.9 Å². The smallest absolute Gasteiger partial charge is 0.338 e. The van der Waals surface area contributed by atoms with Gasteiger partial charge in [-0.3, -0.25) is 14.7 Å². The number of hydrogen-bond acceptors (Lipinski definition) is 7. The number of nitrogens with one attached hydrogen (secondary N) is 2. The van der Waals surface area contributed by atoms with E-state index < -0.39 is 5.97 Å². The average Bonchev–Trinajstić information content (AvgIpc) is 2.99. The summed E-state index contributed by atoms with van der Waals surface area (Å²) in [6.45, 7) is 3.36. The Bertz CT molecular complexity index is 1440. The van der Waals surface area contributed by atoms with Crippen molar-refractivity contribution in [2.75, 3.05) is 44.0 Å². The van der Waals surface area contributed by atoms with E-state index in [4.69, 9.17) is 9.47 Å². The number of carbonyl (C=O) groups excluding carboxylic acids is 2. The van der Waals surface area contributed by atoms with Crippen molar-refractivity contribution < 1.29 is 19.1 Å². The van der Waals surface area contributed by atoms with Crippen LogP contribution >= 0.6 is 0 Å². The summed E-state index contributed by atoms with van der Waals surface area (Å²) in [6.07, 6.45) is 5.87. The number of nitrogens with zero attached hydrogens (tertiary/aromatic N) is 2. The minimum Gasteiger partial charge on any atom is -0.460 e. The van der Waals surface area contributed by atoms with Gasteiger partial charge in [0.25, 0.3) is 5.91 Å². The normalized spacial score (nSPS) is 14.1. The molecular weight excluding hydrogens is 504 g/mol. The van der Waals surface area contributed by atoms with Crippen LogP contribution in [0, 0.1) is 0 Å². The predicted octanol–water partition coefficient (Wildman–Crippen LogP) is 5.37. The first-order valence-electron chi connectivity index (χ1n) is 13.6. The topological polar surface area (TPSA) is 92.8 Å². The fourth-order valence-corrected chi connectivity index (χ4v) is 4.97. The van der Waals surface area contributed by atoms with Crippen molar-refractivity contribution in [2.24, 2.45) is 0 Å². The summed E-state index contributed by atoms with van der Waals surface area (Å²) < 4.78 is 10.00. The van der Waals surface area contributed by atoms with Crippen molar-refractivity contribution in [3.8, 4) is 0 Å². The summed E-state index contributed by atoms with van der Waals surface area (Å²) >= 11 is 0. The third kappa shape index (κ3) is 7.02. The number of esters is 1. The van der Waals surface area contributed by atoms with Crippen molar-refractivity contribution in [1.29, 1.82) is 0 Å². The molecule has 1 fully saturated rings. The lowest BCUT2D eigenvalue weighted by molar-refractivity contribution is 0.0388. The van der Waals surface area contributed by atoms with Gasteiger partial charge in [0.2, 0.25) is 0 Å². The van der Waals surface area contributed by atoms with Crippen molar-refractivity contribution in [3.63, 3.8) is 0 Å². The SMILES string of the molecule is COCCOC(=O)c1ccc(C(=O)Nc2cccc(CN3CCC(Nc4cccc5cnccc45)CC3)c2)cc1. The molecule has 40 heavy (non-hydrogen) atoms. The van der Waals surface area contributed by atoms with E-state index in [-0.39, 0.29) is 12.5 Å². The fraction of sp³-hybridized carbons (Fsp3) is 0.281. The molecule has 1 saturated heterocycles. The zero-order valence-electron chi connectivity index (χ0n) is 22.6. The molecule has 8 nitrogen and oxygen atoms in total. The number of likely N-dealkylation sites (tertiary alicyclic amines) is 1. The quantitative estimate of drug-likeness (QED) is 0.207. The number of carbonyl (C=O) groups is 2. The lowest BCUT2D eigenvalue weighted by Gasteiger charge is -2.33. The molecule has 5 rings (SSSR count). The number of methoxy groups -OCH3 is 1. The number of ether oxygens (including phenoxy) is 2. The van der Waals surface area contributed by atoms with Gasteiger partial charge in [0.15, 0.2) is 0 Å². The first-order chi connectivity index (χ1) is 19.6. The Morgan fingerprint density at radius 3 is 2.52 bits per heavy atom. The highest BCUT2D eigenvalue weighted by Gasteiger charge is 2.20. The number of anilines is 2. The van der Waals surface area contributed by atoms with Crippen LogP contribution in [0.3, 0.4) is 0 Å². The maximum Gasteiger partial charge on any atom is 0.338 e. The Balaban J connectivity index is 1.11. The molecule has 0 radical (unpaired) electrons. The number of fused-ring (bicyclic) bond motifs is 1. The number of pyridine rings is 1. The third-order valence-corrected chi connectivity index (χ3v) is 7.12. The van der Waals surface area contributed by atoms with Crippen LogP contribution in [0.15, 0.2) is 85.2 Å². The molecule has 206 valence electrons. The second-order valence-electron chi connectivity index (χ2n) is 9.96. The van der Waals surface area contributed by atoms with Gasteiger partial charge in [-0.2, -0.15) is 0 Å². The molecule has 2 heterocycles. The van der Waals surface area contributed by atoms with Gasteiger partial charge in [-0.05, 0) is 66.9 Å². The molecule has 0 spiro atoms. The van der Waals surface area contributed by atoms with Gasteiger partial charge in [-0.1, -0.05) is 24.3 Å². The molecule has 4 aromatic rings. The van der Waals surface area contributed by atoms with Crippen LogP contribution in [0.1, 0.15) is 39.1 Å². The van der Waals surface area contributed by atoms with Crippen LogP contribution in [0.4, 0.5) is 11.4 Å². The zero-order chi connectivity index (χ0) is 27.7. The minimum absolute atomic E-state index is 0.187. The molecule has 1 amide bonds. The number of piperidine rings is 1. The summed E-state index contributed by atoms with van der Waals surface area (Å²) in [6, 6.07) is 23.2. The molecule has 0 unspecified atom stereocenters. The molecule has 1 aromatic heterocycles. The van der Waals surface area contributed by atoms with E-state index in [1.54, 1.807) is 31.4 Å². The monoisotopic (exact) mass is 538 g/mol. The maximum absolute atomic E-state index is 12.8. The third-order valence-electron chi connectivity index (χ3n) is 7.12. The van der Waals surface area contributed by atoms with Gasteiger partial charge in [0.1, 0.15) is 6.61 Å². The Morgan fingerprint density at radius 1 is 0.950 bits per heavy atom. The maximum atomic E-state index is 12.8. The van der Waals surface area contributed by atoms with E-state index in [0.717, 1.165) is 49.1 Å². The highest BCUT2D eigenvalue weighted by molar-refractivity contribution is 6.04. The average molecular weight is 539 g/mol. The molecule has 0 saturated carbocycles. The minimum atomic E-state index is -0.442. The van der Waals surface area contributed by atoms with Crippen LogP contribution in [-0.2, 0) is 16.0 Å². The number of rotatable bonds is 10. The van der Waals surface area contributed by atoms with Crippen LogP contribution in [0.2, 0.25) is 0 Å². The lowest BCUT2D eigenvalue weighted by atomic mass is 10.0. The van der Waals surface area contributed by atoms with Gasteiger partial charge in [-0.25, -0.2) is 4.79 Å². The number of amides is 1. The summed E-state index contributed by atoms with van der Waals surface area (Å²) in [5.41, 5.74) is 3.92. The van der Waals surface area contributed by atoms with Gasteiger partial charge in [-0.15, -0.1) is 0 Å². The Morgan fingerprint density at radius 2 is 1.73 bits per heavy atom. The molecule has 1 aliphatic rings. The van der Waals surface area contributed by atoms with Crippen molar-refractivity contribution >= 4 is 34.0 Å². The van der Waals surface area contributed by atoms with Crippen LogP contribution < -0.4 is 10.6 Å². The second-order valence-corrected chi connectivity index (χ2v) is 9.96. The molecule has 1 aliphatic heterocycles. The van der Waals surface area contributed by atoms with Crippen LogP contribution in [0.5, 0.6) is 0 Å². The van der Waals surface area contributed by atoms with Gasteiger partial charge in [0.05, 0.1) is 12.2 Å². The number of aromatic nitrogens is 1. The van der Waals surface area contributed by atoms with E-state index in [1.165, 1.54) is 11.1 Å². The van der Waals surface area contributed by atoms with Crippen molar-refractivity contribution in [2.45, 2.75) is 25.4 Å². The highest BCUT2D eigenvalue weighted by Crippen LogP contribution is 2.25. The first kappa shape index (κ1) is 27.3. The van der Waals surface area contributed by atoms with Crippen molar-refractivity contribution in [1.82, 2.24) is 9.88 Å². The summed E-state index contributed by atoms with van der Waals surface area (Å²) in [7, 11) is 1.55. The molecule has 0 atom stereocenters. The number of benzene rings is 3. The molecule has 2 N–H and O–H groups in total. The van der Waals surface area contributed by atoms with Gasteiger partial charge < -0.3 is 20.1 Å². The molecular formula is C32H34N4O4. The molecule has 3 aromatic carbocycles. The summed E-state index contributed by atoms with van der Waals surface area (Å²) in [4.78, 5) is 31.5. The van der Waals surface area contributed by atoms with Crippen LogP contribution in [-0.4, -0.2) is 61.2 Å². The Labute approximate surface area is 234 Å². The molecule has 8 heteroatoms. The number of hydrogen-bond donors (Lipinski definition) is 2. The van der Waals surface area contributed by atoms with E-state index >= 15 is 0 Å².